The number of allylic oxidation sites excluding steroid dienone is 1. The zero-order valence-corrected chi connectivity index (χ0v) is 14.8. The molecule has 1 N–H and O–H groups in total. The van der Waals surface area contributed by atoms with E-state index < -0.39 is 0 Å². The van der Waals surface area contributed by atoms with Gasteiger partial charge in [-0.1, -0.05) is 24.3 Å². The molecule has 0 amide bonds. The van der Waals surface area contributed by atoms with E-state index in [0.717, 1.165) is 40.6 Å². The monoisotopic (exact) mass is 350 g/mol. The highest BCUT2D eigenvalue weighted by molar-refractivity contribution is 7.18. The van der Waals surface area contributed by atoms with Crippen LogP contribution in [0, 0.1) is 0 Å². The Hall–Kier alpha value is -2.40. The highest BCUT2D eigenvalue weighted by atomic mass is 32.1. The van der Waals surface area contributed by atoms with Gasteiger partial charge in [-0.2, -0.15) is 4.98 Å². The van der Waals surface area contributed by atoms with Gasteiger partial charge in [-0.05, 0) is 49.3 Å². The number of aromatic nitrogens is 2. The molecule has 4 nitrogen and oxygen atoms in total. The Morgan fingerprint density at radius 3 is 2.88 bits per heavy atom. The second kappa shape index (κ2) is 5.30. The minimum Gasteiger partial charge on any atom is -0.512 e. The molecule has 2 aliphatic rings. The van der Waals surface area contributed by atoms with Gasteiger partial charge in [0.1, 0.15) is 16.4 Å². The number of benzene rings is 1. The molecule has 0 bridgehead atoms. The van der Waals surface area contributed by atoms with E-state index in [9.17, 15) is 9.90 Å². The van der Waals surface area contributed by atoms with E-state index in [4.69, 9.17) is 0 Å². The van der Waals surface area contributed by atoms with Crippen molar-refractivity contribution < 1.29 is 5.11 Å². The second-order valence-corrected chi connectivity index (χ2v) is 7.92. The van der Waals surface area contributed by atoms with Crippen LogP contribution in [0.1, 0.15) is 47.2 Å². The summed E-state index contributed by atoms with van der Waals surface area (Å²) in [5.74, 6) is 0.795. The molecule has 0 saturated carbocycles. The van der Waals surface area contributed by atoms with E-state index in [-0.39, 0.29) is 11.3 Å². The van der Waals surface area contributed by atoms with Crippen LogP contribution in [0.15, 0.2) is 34.8 Å². The Labute approximate surface area is 149 Å². The first kappa shape index (κ1) is 14.9. The quantitative estimate of drug-likeness (QED) is 0.487. The van der Waals surface area contributed by atoms with Crippen molar-refractivity contribution in [3.05, 3.63) is 67.8 Å². The number of fused-ring (bicyclic) bond motifs is 6. The zero-order chi connectivity index (χ0) is 17.1. The van der Waals surface area contributed by atoms with Crippen LogP contribution < -0.4 is 5.56 Å². The summed E-state index contributed by atoms with van der Waals surface area (Å²) in [5.41, 5.74) is 3.85. The molecule has 1 aromatic carbocycles. The average Bonchev–Trinajstić information content (AvgIpc) is 3.00. The van der Waals surface area contributed by atoms with Gasteiger partial charge in [0, 0.05) is 4.88 Å². The largest absolute Gasteiger partial charge is 0.512 e. The van der Waals surface area contributed by atoms with Gasteiger partial charge in [-0.15, -0.1) is 11.3 Å². The number of aliphatic hydroxyl groups excluding tert-OH is 1. The van der Waals surface area contributed by atoms with Gasteiger partial charge >= 0.3 is 0 Å². The number of nitrogens with zero attached hydrogens (tertiary/aromatic N) is 2. The summed E-state index contributed by atoms with van der Waals surface area (Å²) in [5, 5.41) is 11.1. The molecule has 3 heterocycles. The third-order valence-corrected chi connectivity index (χ3v) is 6.59. The SMILES string of the molecule is C/C(O)=C1\c2ccccc2Cn2c1nc(=O)c1c3c(sc12)CCCC3. The Bertz CT molecular complexity index is 1120. The van der Waals surface area contributed by atoms with Crippen molar-refractivity contribution in [1.29, 1.82) is 0 Å². The van der Waals surface area contributed by atoms with Crippen LogP contribution in [0.4, 0.5) is 0 Å². The number of aryl methyl sites for hydroxylation is 2. The molecular formula is C20H18N2O2S. The third-order valence-electron chi connectivity index (χ3n) is 5.28. The molecular weight excluding hydrogens is 332 g/mol. The predicted molar refractivity (Wildman–Crippen MR) is 100 cm³/mol. The van der Waals surface area contributed by atoms with E-state index in [0.29, 0.717) is 17.9 Å². The van der Waals surface area contributed by atoms with Crippen LogP contribution in [0.5, 0.6) is 0 Å². The van der Waals surface area contributed by atoms with Crippen molar-refractivity contribution in [3.8, 4) is 0 Å². The molecule has 1 aliphatic carbocycles. The molecule has 2 aromatic heterocycles. The van der Waals surface area contributed by atoms with E-state index >= 15 is 0 Å². The molecule has 0 fully saturated rings. The summed E-state index contributed by atoms with van der Waals surface area (Å²) in [6, 6.07) is 8.04. The fourth-order valence-corrected chi connectivity index (χ4v) is 5.54. The van der Waals surface area contributed by atoms with Crippen LogP contribution in [0.2, 0.25) is 0 Å². The summed E-state index contributed by atoms with van der Waals surface area (Å²) in [6.45, 7) is 2.35. The smallest absolute Gasteiger partial charge is 0.282 e. The summed E-state index contributed by atoms with van der Waals surface area (Å²) in [6.07, 6.45) is 4.37. The Kier molecular flexibility index (Phi) is 3.16. The molecule has 3 aromatic rings. The number of hydrogen-bond acceptors (Lipinski definition) is 4. The molecule has 0 saturated heterocycles. The molecule has 5 rings (SSSR count). The molecule has 25 heavy (non-hydrogen) atoms. The lowest BCUT2D eigenvalue weighted by molar-refractivity contribution is 0.416. The topological polar surface area (TPSA) is 55.1 Å². The summed E-state index contributed by atoms with van der Waals surface area (Å²) < 4.78 is 2.12. The summed E-state index contributed by atoms with van der Waals surface area (Å²) >= 11 is 1.74. The van der Waals surface area contributed by atoms with E-state index in [1.165, 1.54) is 16.9 Å². The molecule has 1 aliphatic heterocycles. The highest BCUT2D eigenvalue weighted by Crippen LogP contribution is 2.39. The van der Waals surface area contributed by atoms with Crippen molar-refractivity contribution in [2.45, 2.75) is 39.2 Å². The standard InChI is InChI=1S/C20H18N2O2S/c1-11(23)16-13-7-3-2-6-12(13)10-22-18(16)21-19(24)17-14-8-4-5-9-15(14)25-20(17)22/h2-3,6-7,23H,4-5,8-10H2,1H3/b16-11-. The van der Waals surface area contributed by atoms with E-state index in [1.54, 1.807) is 18.3 Å². The predicted octanol–water partition coefficient (Wildman–Crippen LogP) is 4.04. The van der Waals surface area contributed by atoms with Gasteiger partial charge in [0.15, 0.2) is 0 Å². The number of aliphatic hydroxyl groups is 1. The lowest BCUT2D eigenvalue weighted by Crippen LogP contribution is -2.23. The second-order valence-electron chi connectivity index (χ2n) is 6.84. The van der Waals surface area contributed by atoms with Gasteiger partial charge in [0.2, 0.25) is 0 Å². The maximum Gasteiger partial charge on any atom is 0.282 e. The Morgan fingerprint density at radius 2 is 2.04 bits per heavy atom. The molecule has 0 unspecified atom stereocenters. The normalized spacial score (nSPS) is 17.8. The molecule has 0 atom stereocenters. The first-order chi connectivity index (χ1) is 12.1. The zero-order valence-electron chi connectivity index (χ0n) is 14.0. The molecule has 0 radical (unpaired) electrons. The minimum atomic E-state index is -0.154. The maximum atomic E-state index is 12.8. The highest BCUT2D eigenvalue weighted by Gasteiger charge is 2.28. The number of thiophene rings is 1. The minimum absolute atomic E-state index is 0.154. The van der Waals surface area contributed by atoms with Crippen LogP contribution in [0.3, 0.4) is 0 Å². The van der Waals surface area contributed by atoms with Crippen molar-refractivity contribution in [2.75, 3.05) is 0 Å². The number of hydrogen-bond donors (Lipinski definition) is 1. The van der Waals surface area contributed by atoms with Crippen LogP contribution in [-0.4, -0.2) is 14.7 Å². The van der Waals surface area contributed by atoms with E-state index in [2.05, 4.69) is 15.6 Å². The van der Waals surface area contributed by atoms with Crippen molar-refractivity contribution in [2.24, 2.45) is 0 Å². The summed E-state index contributed by atoms with van der Waals surface area (Å²) in [7, 11) is 0. The lowest BCUT2D eigenvalue weighted by Gasteiger charge is -2.24. The van der Waals surface area contributed by atoms with Crippen molar-refractivity contribution in [1.82, 2.24) is 9.55 Å². The van der Waals surface area contributed by atoms with E-state index in [1.807, 2.05) is 18.2 Å². The first-order valence-electron chi connectivity index (χ1n) is 8.68. The fourth-order valence-electron chi connectivity index (χ4n) is 4.16. The fraction of sp³-hybridized carbons (Fsp3) is 0.300. The van der Waals surface area contributed by atoms with Crippen LogP contribution in [0.25, 0.3) is 15.8 Å². The van der Waals surface area contributed by atoms with Crippen LogP contribution in [-0.2, 0) is 19.4 Å². The molecule has 126 valence electrons. The average molecular weight is 350 g/mol. The Morgan fingerprint density at radius 1 is 1.24 bits per heavy atom. The van der Waals surface area contributed by atoms with Crippen molar-refractivity contribution in [3.63, 3.8) is 0 Å². The van der Waals surface area contributed by atoms with Gasteiger partial charge in [-0.25, -0.2) is 0 Å². The van der Waals surface area contributed by atoms with Crippen molar-refractivity contribution >= 4 is 27.1 Å². The van der Waals surface area contributed by atoms with Gasteiger partial charge in [-0.3, -0.25) is 4.79 Å². The van der Waals surface area contributed by atoms with Gasteiger partial charge in [0.25, 0.3) is 5.56 Å². The molecule has 5 heteroatoms. The van der Waals surface area contributed by atoms with Crippen LogP contribution >= 0.6 is 11.3 Å². The van der Waals surface area contributed by atoms with Gasteiger partial charge in [0.05, 0.1) is 17.5 Å². The third kappa shape index (κ3) is 2.05. The summed E-state index contributed by atoms with van der Waals surface area (Å²) in [4.78, 5) is 19.6. The molecule has 0 spiro atoms. The van der Waals surface area contributed by atoms with Gasteiger partial charge < -0.3 is 9.67 Å². The number of rotatable bonds is 0. The lowest BCUT2D eigenvalue weighted by atomic mass is 9.94. The Balaban J connectivity index is 1.89. The maximum absolute atomic E-state index is 12.8. The first-order valence-corrected chi connectivity index (χ1v) is 9.50.